The van der Waals surface area contributed by atoms with Gasteiger partial charge in [0.05, 0.1) is 13.2 Å². The first-order chi connectivity index (χ1) is 14.6. The van der Waals surface area contributed by atoms with Gasteiger partial charge in [0, 0.05) is 30.2 Å². The van der Waals surface area contributed by atoms with Crippen LogP contribution in [-0.2, 0) is 9.53 Å². The molecule has 0 radical (unpaired) electrons. The fraction of sp³-hybridized carbons (Fsp3) is 0.273. The number of methoxy groups -OCH3 is 1. The van der Waals surface area contributed by atoms with Crippen LogP contribution in [0.5, 0.6) is 11.5 Å². The number of benzene rings is 2. The Bertz CT molecular complexity index is 1150. The van der Waals surface area contributed by atoms with Crippen molar-refractivity contribution in [2.24, 2.45) is 0 Å². The van der Waals surface area contributed by atoms with Crippen molar-refractivity contribution < 1.29 is 23.8 Å². The molecule has 2 aromatic carbocycles. The number of fused-ring (bicyclic) bond motifs is 4. The zero-order valence-electron chi connectivity index (χ0n) is 16.6. The predicted molar refractivity (Wildman–Crippen MR) is 109 cm³/mol. The van der Waals surface area contributed by atoms with Crippen molar-refractivity contribution in [3.8, 4) is 11.5 Å². The summed E-state index contributed by atoms with van der Waals surface area (Å²) in [5.74, 6) is 0.338. The summed E-state index contributed by atoms with van der Waals surface area (Å²) in [7, 11) is 2.94. The molecule has 0 fully saturated rings. The van der Waals surface area contributed by atoms with Crippen molar-refractivity contribution in [3.05, 3.63) is 59.3 Å². The van der Waals surface area contributed by atoms with Gasteiger partial charge in [0.15, 0.2) is 11.5 Å². The number of rotatable bonds is 2. The fourth-order valence-corrected chi connectivity index (χ4v) is 4.43. The minimum absolute atomic E-state index is 0.171. The highest BCUT2D eigenvalue weighted by Gasteiger charge is 2.42. The van der Waals surface area contributed by atoms with E-state index in [1.807, 2.05) is 42.5 Å². The van der Waals surface area contributed by atoms with Gasteiger partial charge in [0.2, 0.25) is 6.79 Å². The lowest BCUT2D eigenvalue weighted by Crippen LogP contribution is -2.47. The van der Waals surface area contributed by atoms with Gasteiger partial charge in [-0.05, 0) is 29.3 Å². The predicted octanol–water partition coefficient (Wildman–Crippen LogP) is 2.90. The van der Waals surface area contributed by atoms with Gasteiger partial charge in [-0.1, -0.05) is 24.3 Å². The number of nitrogens with one attached hydrogen (secondary N) is 2. The number of esters is 1. The molecule has 0 bridgehead atoms. The van der Waals surface area contributed by atoms with E-state index in [4.69, 9.17) is 14.2 Å². The molecule has 2 N–H and O–H groups in total. The van der Waals surface area contributed by atoms with Gasteiger partial charge in [0.25, 0.3) is 0 Å². The van der Waals surface area contributed by atoms with E-state index in [-0.39, 0.29) is 25.3 Å². The number of hydrogen-bond acceptors (Lipinski definition) is 5. The summed E-state index contributed by atoms with van der Waals surface area (Å²) in [5, 5.41) is 3.64. The van der Waals surface area contributed by atoms with Crippen molar-refractivity contribution in [1.82, 2.24) is 15.2 Å². The Kier molecular flexibility index (Phi) is 4.27. The van der Waals surface area contributed by atoms with Gasteiger partial charge in [-0.25, -0.2) is 4.79 Å². The zero-order chi connectivity index (χ0) is 20.8. The van der Waals surface area contributed by atoms with Crippen LogP contribution < -0.4 is 14.8 Å². The van der Waals surface area contributed by atoms with Crippen molar-refractivity contribution in [2.45, 2.75) is 12.0 Å². The molecule has 0 saturated heterocycles. The summed E-state index contributed by atoms with van der Waals surface area (Å²) in [4.78, 5) is 30.7. The molecule has 8 nitrogen and oxygen atoms in total. The number of nitrogens with zero attached hydrogens (tertiary/aromatic N) is 1. The highest BCUT2D eigenvalue weighted by atomic mass is 16.7. The number of aromatic amines is 1. The first-order valence-corrected chi connectivity index (χ1v) is 9.68. The largest absolute Gasteiger partial charge is 0.468 e. The lowest BCUT2D eigenvalue weighted by molar-refractivity contribution is -0.143. The van der Waals surface area contributed by atoms with Crippen molar-refractivity contribution in [3.63, 3.8) is 0 Å². The van der Waals surface area contributed by atoms with Crippen molar-refractivity contribution >= 4 is 22.9 Å². The number of urea groups is 1. The second kappa shape index (κ2) is 6.98. The second-order valence-corrected chi connectivity index (χ2v) is 7.30. The zero-order valence-corrected chi connectivity index (χ0v) is 16.6. The van der Waals surface area contributed by atoms with Gasteiger partial charge in [-0.15, -0.1) is 0 Å². The van der Waals surface area contributed by atoms with Gasteiger partial charge in [-0.3, -0.25) is 4.79 Å². The summed E-state index contributed by atoms with van der Waals surface area (Å²) in [6.45, 7) is 0.366. The Hall–Kier alpha value is -3.68. The molecule has 1 aromatic heterocycles. The van der Waals surface area contributed by atoms with Gasteiger partial charge >= 0.3 is 12.0 Å². The number of para-hydroxylation sites is 1. The van der Waals surface area contributed by atoms with E-state index in [1.165, 1.54) is 7.11 Å². The van der Waals surface area contributed by atoms with Crippen molar-refractivity contribution in [1.29, 1.82) is 0 Å². The molecular weight excluding hydrogens is 386 g/mol. The van der Waals surface area contributed by atoms with Crippen LogP contribution in [0.1, 0.15) is 28.8 Å². The van der Waals surface area contributed by atoms with Crippen LogP contribution in [0.15, 0.2) is 42.5 Å². The van der Waals surface area contributed by atoms with Crippen LogP contribution in [0.3, 0.4) is 0 Å². The van der Waals surface area contributed by atoms with E-state index in [9.17, 15) is 9.59 Å². The number of hydrogen-bond donors (Lipinski definition) is 2. The molecular formula is C22H21N3O5. The van der Waals surface area contributed by atoms with Gasteiger partial charge < -0.3 is 29.4 Å². The maximum absolute atomic E-state index is 12.9. The fourth-order valence-electron chi connectivity index (χ4n) is 4.43. The molecule has 2 aliphatic rings. The summed E-state index contributed by atoms with van der Waals surface area (Å²) in [6, 6.07) is 12.7. The smallest absolute Gasteiger partial charge is 0.318 e. The normalized spacial score (nSPS) is 19.5. The number of H-pyrrole nitrogens is 1. The van der Waals surface area contributed by atoms with Gasteiger partial charge in [-0.2, -0.15) is 0 Å². The van der Waals surface area contributed by atoms with Crippen LogP contribution >= 0.6 is 0 Å². The first-order valence-electron chi connectivity index (χ1n) is 9.68. The molecule has 0 aliphatic carbocycles. The topological polar surface area (TPSA) is 92.9 Å². The van der Waals surface area contributed by atoms with Crippen LogP contribution in [0.25, 0.3) is 10.9 Å². The summed E-state index contributed by atoms with van der Waals surface area (Å²) >= 11 is 0. The Balaban J connectivity index is 1.74. The first kappa shape index (κ1) is 18.4. The number of carbonyl (C=O) groups is 2. The third-order valence-electron chi connectivity index (χ3n) is 5.76. The minimum atomic E-state index is -0.594. The molecule has 0 unspecified atom stereocenters. The monoisotopic (exact) mass is 407 g/mol. The lowest BCUT2D eigenvalue weighted by atomic mass is 9.85. The molecule has 0 spiro atoms. The molecule has 5 rings (SSSR count). The lowest BCUT2D eigenvalue weighted by Gasteiger charge is -2.38. The minimum Gasteiger partial charge on any atom is -0.468 e. The third-order valence-corrected chi connectivity index (χ3v) is 5.76. The van der Waals surface area contributed by atoms with Gasteiger partial charge in [0.1, 0.15) is 5.92 Å². The van der Waals surface area contributed by atoms with E-state index < -0.39 is 12.0 Å². The van der Waals surface area contributed by atoms with Crippen LogP contribution in [0.2, 0.25) is 0 Å². The van der Waals surface area contributed by atoms with E-state index in [0.717, 1.165) is 27.7 Å². The summed E-state index contributed by atoms with van der Waals surface area (Å²) < 4.78 is 16.1. The number of amides is 2. The van der Waals surface area contributed by atoms with Crippen LogP contribution in [0.4, 0.5) is 4.79 Å². The van der Waals surface area contributed by atoms with Crippen LogP contribution in [-0.4, -0.2) is 49.4 Å². The molecule has 3 heterocycles. The van der Waals surface area contributed by atoms with E-state index >= 15 is 0 Å². The molecule has 2 atom stereocenters. The second-order valence-electron chi connectivity index (χ2n) is 7.30. The molecule has 154 valence electrons. The Morgan fingerprint density at radius 3 is 2.77 bits per heavy atom. The van der Waals surface area contributed by atoms with E-state index in [0.29, 0.717) is 11.5 Å². The number of ether oxygens (including phenoxy) is 3. The molecule has 8 heteroatoms. The summed E-state index contributed by atoms with van der Waals surface area (Å²) in [6.07, 6.45) is 0. The third kappa shape index (κ3) is 2.67. The van der Waals surface area contributed by atoms with E-state index in [1.54, 1.807) is 11.9 Å². The molecule has 3 aromatic rings. The average Bonchev–Trinajstić information content (AvgIpc) is 3.40. The maximum atomic E-state index is 12.9. The number of aromatic nitrogens is 1. The Labute approximate surface area is 172 Å². The molecule has 30 heavy (non-hydrogen) atoms. The van der Waals surface area contributed by atoms with Crippen LogP contribution in [0, 0.1) is 0 Å². The van der Waals surface area contributed by atoms with Crippen molar-refractivity contribution in [2.75, 3.05) is 27.5 Å². The van der Waals surface area contributed by atoms with E-state index in [2.05, 4.69) is 10.3 Å². The summed E-state index contributed by atoms with van der Waals surface area (Å²) in [5.41, 5.74) is 3.42. The SMILES string of the molecule is CNC(=O)N1C[C@H](C(=O)OC)c2c([nH]c3ccccc23)[C@@H]1c1ccc2c(c1)OCO2. The quantitative estimate of drug-likeness (QED) is 0.638. The highest BCUT2D eigenvalue weighted by Crippen LogP contribution is 2.45. The highest BCUT2D eigenvalue weighted by molar-refractivity contribution is 5.93. The standard InChI is InChI=1S/C22H21N3O5/c1-23-22(27)25-10-14(21(26)28-2)18-13-5-3-4-6-15(13)24-19(18)20(25)12-7-8-16-17(9-12)30-11-29-16/h3-9,14,20,24H,10-11H2,1-2H3,(H,23,27)/t14-,20-/m0/s1. The molecule has 0 saturated carbocycles. The molecule has 2 aliphatic heterocycles. The number of carbonyl (C=O) groups excluding carboxylic acids is 2. The Morgan fingerprint density at radius 1 is 1.17 bits per heavy atom. The Morgan fingerprint density at radius 2 is 1.97 bits per heavy atom. The maximum Gasteiger partial charge on any atom is 0.318 e. The molecule has 2 amide bonds. The average molecular weight is 407 g/mol.